The maximum atomic E-state index is 5.58. The zero-order valence-corrected chi connectivity index (χ0v) is 17.4. The van der Waals surface area contributed by atoms with Crippen molar-refractivity contribution >= 4 is 11.6 Å². The van der Waals surface area contributed by atoms with Crippen LogP contribution >= 0.6 is 0 Å². The van der Waals surface area contributed by atoms with Crippen molar-refractivity contribution in [2.75, 3.05) is 12.4 Å². The number of rotatable bonds is 7. The quantitative estimate of drug-likeness (QED) is 0.456. The van der Waals surface area contributed by atoms with E-state index in [-0.39, 0.29) is 0 Å². The van der Waals surface area contributed by atoms with Gasteiger partial charge in [-0.05, 0) is 49.9 Å². The number of nitrogens with zero attached hydrogens (tertiary/aromatic N) is 3. The number of aromatic nitrogens is 4. The first kappa shape index (κ1) is 19.6. The van der Waals surface area contributed by atoms with Gasteiger partial charge in [-0.3, -0.25) is 0 Å². The van der Waals surface area contributed by atoms with Crippen molar-refractivity contribution in [3.63, 3.8) is 0 Å². The summed E-state index contributed by atoms with van der Waals surface area (Å²) in [5, 5.41) is 3.30. The number of ether oxygens (including phenoxy) is 1. The van der Waals surface area contributed by atoms with Gasteiger partial charge in [0.15, 0.2) is 0 Å². The fourth-order valence-electron chi connectivity index (χ4n) is 3.34. The standard InChI is InChI=1S/C24H25N5O/c1-16-14-26-24(29-21(16)12-9-18-7-5-4-6-8-18)28-19-10-11-20(22(13-19)30-3)23-25-15-17(2)27-23/h4-8,10-11,13-15H,9,12H2,1-3H3,(H,25,27)(H,26,28,29). The van der Waals surface area contributed by atoms with E-state index in [9.17, 15) is 0 Å². The minimum absolute atomic E-state index is 0.576. The molecule has 0 aliphatic rings. The molecule has 0 saturated heterocycles. The van der Waals surface area contributed by atoms with Crippen molar-refractivity contribution in [2.24, 2.45) is 0 Å². The average molecular weight is 399 g/mol. The second-order valence-electron chi connectivity index (χ2n) is 7.24. The van der Waals surface area contributed by atoms with Crippen molar-refractivity contribution in [3.8, 4) is 17.1 Å². The molecule has 0 unspecified atom stereocenters. The van der Waals surface area contributed by atoms with Crippen LogP contribution in [0.15, 0.2) is 60.9 Å². The summed E-state index contributed by atoms with van der Waals surface area (Å²) in [6.45, 7) is 4.00. The Morgan fingerprint density at radius 1 is 1.00 bits per heavy atom. The molecule has 0 bridgehead atoms. The molecule has 2 N–H and O–H groups in total. The van der Waals surface area contributed by atoms with Crippen molar-refractivity contribution < 1.29 is 4.74 Å². The lowest BCUT2D eigenvalue weighted by molar-refractivity contribution is 0.416. The number of aryl methyl sites for hydroxylation is 4. The molecule has 2 aromatic heterocycles. The molecule has 0 radical (unpaired) electrons. The van der Waals surface area contributed by atoms with Gasteiger partial charge in [0.1, 0.15) is 11.6 Å². The zero-order chi connectivity index (χ0) is 20.9. The van der Waals surface area contributed by atoms with E-state index in [2.05, 4.69) is 44.5 Å². The highest BCUT2D eigenvalue weighted by molar-refractivity contribution is 5.70. The van der Waals surface area contributed by atoms with Crippen LogP contribution in [0.5, 0.6) is 5.75 Å². The summed E-state index contributed by atoms with van der Waals surface area (Å²) < 4.78 is 5.58. The summed E-state index contributed by atoms with van der Waals surface area (Å²) in [5.41, 5.74) is 6.15. The third kappa shape index (κ3) is 4.49. The van der Waals surface area contributed by atoms with Gasteiger partial charge in [-0.2, -0.15) is 0 Å². The number of nitrogens with one attached hydrogen (secondary N) is 2. The number of H-pyrrole nitrogens is 1. The fourth-order valence-corrected chi connectivity index (χ4v) is 3.34. The van der Waals surface area contributed by atoms with Crippen molar-refractivity contribution in [2.45, 2.75) is 26.7 Å². The van der Waals surface area contributed by atoms with Gasteiger partial charge in [0.25, 0.3) is 0 Å². The number of aromatic amines is 1. The van der Waals surface area contributed by atoms with Crippen LogP contribution in [-0.4, -0.2) is 27.0 Å². The highest BCUT2D eigenvalue weighted by atomic mass is 16.5. The van der Waals surface area contributed by atoms with Gasteiger partial charge in [-0.15, -0.1) is 0 Å². The molecule has 30 heavy (non-hydrogen) atoms. The molecular weight excluding hydrogens is 374 g/mol. The largest absolute Gasteiger partial charge is 0.496 e. The van der Waals surface area contributed by atoms with E-state index in [0.717, 1.165) is 52.6 Å². The molecule has 4 aromatic rings. The van der Waals surface area contributed by atoms with E-state index in [1.54, 1.807) is 7.11 Å². The molecule has 2 aromatic carbocycles. The summed E-state index contributed by atoms with van der Waals surface area (Å²) in [5.74, 6) is 2.09. The molecule has 4 rings (SSSR count). The first-order chi connectivity index (χ1) is 14.6. The Balaban J connectivity index is 1.52. The van der Waals surface area contributed by atoms with Gasteiger partial charge in [-0.25, -0.2) is 15.0 Å². The predicted molar refractivity (Wildman–Crippen MR) is 119 cm³/mol. The van der Waals surface area contributed by atoms with Crippen molar-refractivity contribution in [1.82, 2.24) is 19.9 Å². The molecule has 0 aliphatic heterocycles. The van der Waals surface area contributed by atoms with Crippen LogP contribution < -0.4 is 10.1 Å². The van der Waals surface area contributed by atoms with Crippen LogP contribution in [0.3, 0.4) is 0 Å². The molecule has 0 atom stereocenters. The number of anilines is 2. The molecule has 0 fully saturated rings. The Morgan fingerprint density at radius 2 is 1.83 bits per heavy atom. The highest BCUT2D eigenvalue weighted by Crippen LogP contribution is 2.31. The SMILES string of the molecule is COc1cc(Nc2ncc(C)c(CCc3ccccc3)n2)ccc1-c1nc(C)c[nH]1. The number of imidazole rings is 1. The Morgan fingerprint density at radius 3 is 2.57 bits per heavy atom. The van der Waals surface area contributed by atoms with E-state index >= 15 is 0 Å². The summed E-state index contributed by atoms with van der Waals surface area (Å²) in [4.78, 5) is 16.8. The van der Waals surface area contributed by atoms with Crippen molar-refractivity contribution in [3.05, 3.63) is 83.4 Å². The molecule has 0 saturated carbocycles. The van der Waals surface area contributed by atoms with Crippen molar-refractivity contribution in [1.29, 1.82) is 0 Å². The van der Waals surface area contributed by atoms with E-state index in [0.29, 0.717) is 5.95 Å². The van der Waals surface area contributed by atoms with Gasteiger partial charge in [0, 0.05) is 29.8 Å². The molecule has 0 aliphatic carbocycles. The molecular formula is C24H25N5O. The van der Waals surface area contributed by atoms with E-state index in [4.69, 9.17) is 9.72 Å². The molecule has 6 nitrogen and oxygen atoms in total. The van der Waals surface area contributed by atoms with Crippen LogP contribution in [0.25, 0.3) is 11.4 Å². The number of hydrogen-bond donors (Lipinski definition) is 2. The highest BCUT2D eigenvalue weighted by Gasteiger charge is 2.11. The van der Waals surface area contributed by atoms with Gasteiger partial charge >= 0.3 is 0 Å². The zero-order valence-electron chi connectivity index (χ0n) is 17.4. The molecule has 0 spiro atoms. The lowest BCUT2D eigenvalue weighted by Gasteiger charge is -2.12. The van der Waals surface area contributed by atoms with Crippen LogP contribution in [0.4, 0.5) is 11.6 Å². The minimum Gasteiger partial charge on any atom is -0.496 e. The van der Waals surface area contributed by atoms with Gasteiger partial charge in [-0.1, -0.05) is 30.3 Å². The Hall–Kier alpha value is -3.67. The number of hydrogen-bond acceptors (Lipinski definition) is 5. The Labute approximate surface area is 176 Å². The second kappa shape index (κ2) is 8.78. The average Bonchev–Trinajstić information content (AvgIpc) is 3.20. The lowest BCUT2D eigenvalue weighted by atomic mass is 10.1. The molecule has 152 valence electrons. The third-order valence-corrected chi connectivity index (χ3v) is 4.99. The summed E-state index contributed by atoms with van der Waals surface area (Å²) >= 11 is 0. The van der Waals surface area contributed by atoms with Crippen LogP contribution in [0, 0.1) is 13.8 Å². The molecule has 2 heterocycles. The number of benzene rings is 2. The molecule has 0 amide bonds. The maximum absolute atomic E-state index is 5.58. The first-order valence-corrected chi connectivity index (χ1v) is 9.96. The fraction of sp³-hybridized carbons (Fsp3) is 0.208. The Kier molecular flexibility index (Phi) is 5.75. The predicted octanol–water partition coefficient (Wildman–Crippen LogP) is 5.02. The first-order valence-electron chi connectivity index (χ1n) is 9.96. The second-order valence-corrected chi connectivity index (χ2v) is 7.24. The van der Waals surface area contributed by atoms with E-state index < -0.39 is 0 Å². The smallest absolute Gasteiger partial charge is 0.227 e. The van der Waals surface area contributed by atoms with Crippen LogP contribution in [-0.2, 0) is 12.8 Å². The van der Waals surface area contributed by atoms with E-state index in [1.807, 2.05) is 50.5 Å². The van der Waals surface area contributed by atoms with Crippen LogP contribution in [0.2, 0.25) is 0 Å². The van der Waals surface area contributed by atoms with Crippen LogP contribution in [0.1, 0.15) is 22.5 Å². The summed E-state index contributed by atoms with van der Waals surface area (Å²) in [6, 6.07) is 16.3. The third-order valence-electron chi connectivity index (χ3n) is 4.99. The topological polar surface area (TPSA) is 75.7 Å². The van der Waals surface area contributed by atoms with Gasteiger partial charge in [0.05, 0.1) is 18.4 Å². The van der Waals surface area contributed by atoms with Gasteiger partial charge in [0.2, 0.25) is 5.95 Å². The monoisotopic (exact) mass is 399 g/mol. The minimum atomic E-state index is 0.576. The lowest BCUT2D eigenvalue weighted by Crippen LogP contribution is -2.04. The molecule has 6 heteroatoms. The maximum Gasteiger partial charge on any atom is 0.227 e. The summed E-state index contributed by atoms with van der Waals surface area (Å²) in [6.07, 6.45) is 5.56. The van der Waals surface area contributed by atoms with E-state index in [1.165, 1.54) is 5.56 Å². The number of methoxy groups -OCH3 is 1. The summed E-state index contributed by atoms with van der Waals surface area (Å²) in [7, 11) is 1.66. The Bertz CT molecular complexity index is 1140. The van der Waals surface area contributed by atoms with Gasteiger partial charge < -0.3 is 15.0 Å². The normalized spacial score (nSPS) is 10.8.